The number of aryl methyl sites for hydroxylation is 2. The molecule has 0 saturated heterocycles. The maximum atomic E-state index is 12.3. The van der Waals surface area contributed by atoms with Crippen molar-refractivity contribution in [2.75, 3.05) is 5.73 Å². The van der Waals surface area contributed by atoms with Crippen molar-refractivity contribution in [2.24, 2.45) is 5.73 Å². The Balaban J connectivity index is 1.63. The standard InChI is InChI=1S/C18H20N6O5S/c19-13-6-10-15(23-13)21-8-24(17(10)27)4-3-9-5-12(30-7-9)16(26)22-11(18(28)29)1-2-14(20)25/h5-8,11,27H,1-4,19H2,(H2,20,25)(H,22,26)(H,28,29)/t11-/m0/s1. The molecule has 11 nitrogen and oxygen atoms in total. The number of aliphatic carboxylic acids is 1. The first-order valence-corrected chi connectivity index (χ1v) is 9.82. The van der Waals surface area contributed by atoms with Crippen molar-refractivity contribution in [2.45, 2.75) is 31.8 Å². The Labute approximate surface area is 174 Å². The number of hydrogen-bond acceptors (Lipinski definition) is 8. The molecule has 30 heavy (non-hydrogen) atoms. The molecule has 1 aromatic heterocycles. The molecule has 0 saturated carbocycles. The third-order valence-electron chi connectivity index (χ3n) is 4.40. The van der Waals surface area contributed by atoms with Gasteiger partial charge in [-0.2, -0.15) is 0 Å². The van der Waals surface area contributed by atoms with Gasteiger partial charge in [-0.1, -0.05) is 0 Å². The van der Waals surface area contributed by atoms with Crippen LogP contribution in [0, 0.1) is 0 Å². The minimum atomic E-state index is -1.24. The molecule has 3 heterocycles. The van der Waals surface area contributed by atoms with Gasteiger partial charge in [0.05, 0.1) is 16.8 Å². The molecule has 12 heteroatoms. The van der Waals surface area contributed by atoms with Gasteiger partial charge in [0.25, 0.3) is 5.91 Å². The van der Waals surface area contributed by atoms with Crippen molar-refractivity contribution in [3.8, 4) is 17.3 Å². The van der Waals surface area contributed by atoms with Crippen LogP contribution in [0.4, 0.5) is 5.82 Å². The molecule has 7 N–H and O–H groups in total. The highest BCUT2D eigenvalue weighted by atomic mass is 32.1. The summed E-state index contributed by atoms with van der Waals surface area (Å²) in [4.78, 5) is 42.9. The molecule has 0 aromatic carbocycles. The zero-order valence-corrected chi connectivity index (χ0v) is 16.6. The molecule has 0 bridgehead atoms. The minimum Gasteiger partial charge on any atom is -0.494 e. The minimum absolute atomic E-state index is 0.00357. The second kappa shape index (κ2) is 8.78. The Morgan fingerprint density at radius 2 is 2.07 bits per heavy atom. The number of carboxylic acids is 1. The summed E-state index contributed by atoms with van der Waals surface area (Å²) in [5.74, 6) is -1.79. The van der Waals surface area contributed by atoms with E-state index in [0.717, 1.165) is 5.56 Å². The summed E-state index contributed by atoms with van der Waals surface area (Å²) in [6.07, 6.45) is 1.74. The van der Waals surface area contributed by atoms with Gasteiger partial charge in [-0.25, -0.2) is 14.8 Å². The number of aromatic hydroxyl groups is 1. The fourth-order valence-electron chi connectivity index (χ4n) is 2.84. The van der Waals surface area contributed by atoms with E-state index in [4.69, 9.17) is 11.5 Å². The zero-order valence-electron chi connectivity index (χ0n) is 15.7. The number of carbonyl (C=O) groups is 3. The van der Waals surface area contributed by atoms with Crippen molar-refractivity contribution in [1.29, 1.82) is 0 Å². The van der Waals surface area contributed by atoms with Crippen LogP contribution in [0.15, 0.2) is 23.8 Å². The number of rotatable bonds is 9. The molecule has 0 fully saturated rings. The second-order valence-electron chi connectivity index (χ2n) is 6.62. The molecular formula is C18H20N6O5S. The Kier molecular flexibility index (Phi) is 6.16. The maximum absolute atomic E-state index is 12.3. The highest BCUT2D eigenvalue weighted by molar-refractivity contribution is 7.12. The van der Waals surface area contributed by atoms with E-state index in [1.807, 2.05) is 0 Å². The molecule has 3 rings (SSSR count). The average molecular weight is 432 g/mol. The van der Waals surface area contributed by atoms with E-state index in [1.54, 1.807) is 16.0 Å². The monoisotopic (exact) mass is 432 g/mol. The lowest BCUT2D eigenvalue weighted by Crippen LogP contribution is -2.41. The van der Waals surface area contributed by atoms with Crippen LogP contribution in [-0.4, -0.2) is 48.6 Å². The highest BCUT2D eigenvalue weighted by Crippen LogP contribution is 2.30. The molecule has 2 amide bonds. The summed E-state index contributed by atoms with van der Waals surface area (Å²) < 4.78 is 1.55. The van der Waals surface area contributed by atoms with E-state index in [1.165, 1.54) is 23.7 Å². The zero-order chi connectivity index (χ0) is 21.8. The molecule has 0 radical (unpaired) electrons. The molecular weight excluding hydrogens is 412 g/mol. The summed E-state index contributed by atoms with van der Waals surface area (Å²) in [7, 11) is 0. The molecule has 158 valence electrons. The predicted octanol–water partition coefficient (Wildman–Crippen LogP) is 0.423. The smallest absolute Gasteiger partial charge is 0.326 e. The number of primary amides is 1. The van der Waals surface area contributed by atoms with E-state index in [-0.39, 0.29) is 24.5 Å². The number of carboxylic acid groups (broad SMARTS) is 1. The van der Waals surface area contributed by atoms with Gasteiger partial charge < -0.3 is 31.6 Å². The Morgan fingerprint density at radius 1 is 1.30 bits per heavy atom. The van der Waals surface area contributed by atoms with E-state index >= 15 is 0 Å². The van der Waals surface area contributed by atoms with E-state index in [2.05, 4.69) is 15.3 Å². The third-order valence-corrected chi connectivity index (χ3v) is 5.38. The Morgan fingerprint density at radius 3 is 2.77 bits per heavy atom. The number of anilines is 1. The molecule has 0 unspecified atom stereocenters. The van der Waals surface area contributed by atoms with Crippen molar-refractivity contribution in [3.63, 3.8) is 0 Å². The lowest BCUT2D eigenvalue weighted by atomic mass is 10.1. The van der Waals surface area contributed by atoms with Crippen LogP contribution >= 0.6 is 11.3 Å². The largest absolute Gasteiger partial charge is 0.494 e. The second-order valence-corrected chi connectivity index (χ2v) is 7.53. The Hall–Kier alpha value is -3.67. The number of nitrogens with zero attached hydrogens (tertiary/aromatic N) is 3. The number of fused-ring (bicyclic) bond motifs is 1. The summed E-state index contributed by atoms with van der Waals surface area (Å²) in [5.41, 5.74) is 11.9. The van der Waals surface area contributed by atoms with Crippen LogP contribution < -0.4 is 16.8 Å². The van der Waals surface area contributed by atoms with Gasteiger partial charge in [-0.15, -0.1) is 11.3 Å². The van der Waals surface area contributed by atoms with E-state index in [9.17, 15) is 24.6 Å². The quantitative estimate of drug-likeness (QED) is 0.322. The summed E-state index contributed by atoms with van der Waals surface area (Å²) in [5, 5.41) is 23.7. The number of nitrogens with two attached hydrogens (primary N) is 2. The molecule has 1 atom stereocenters. The van der Waals surface area contributed by atoms with Crippen molar-refractivity contribution in [1.82, 2.24) is 19.9 Å². The maximum Gasteiger partial charge on any atom is 0.326 e. The van der Waals surface area contributed by atoms with Gasteiger partial charge in [0, 0.05) is 13.0 Å². The van der Waals surface area contributed by atoms with E-state index < -0.39 is 23.8 Å². The first-order chi connectivity index (χ1) is 14.2. The van der Waals surface area contributed by atoms with Gasteiger partial charge in [0.1, 0.15) is 11.9 Å². The fourth-order valence-corrected chi connectivity index (χ4v) is 3.69. The SMILES string of the molecule is NC(=O)CC[C@H](NC(=O)c1cc(CCn2cnc3nc(N)cc-3c2O)cs1)C(=O)O. The Bertz CT molecular complexity index is 1060. The van der Waals surface area contributed by atoms with Crippen molar-refractivity contribution < 1.29 is 24.6 Å². The number of carbonyl (C=O) groups excluding carboxylic acids is 2. The first-order valence-electron chi connectivity index (χ1n) is 8.94. The topological polar surface area (TPSA) is 186 Å². The van der Waals surface area contributed by atoms with Crippen LogP contribution in [0.1, 0.15) is 28.1 Å². The molecule has 2 aliphatic rings. The first kappa shape index (κ1) is 21.0. The number of thiophene rings is 1. The molecule has 0 aliphatic carbocycles. The van der Waals surface area contributed by atoms with Crippen LogP contribution in [0.5, 0.6) is 5.88 Å². The number of aromatic nitrogens is 3. The van der Waals surface area contributed by atoms with Crippen LogP contribution in [0.25, 0.3) is 11.4 Å². The van der Waals surface area contributed by atoms with Gasteiger partial charge in [-0.3, -0.25) is 9.59 Å². The summed E-state index contributed by atoms with van der Waals surface area (Å²) in [6, 6.07) is 1.99. The third kappa shape index (κ3) is 4.84. The number of amides is 2. The normalized spacial score (nSPS) is 12.0. The average Bonchev–Trinajstić information content (AvgIpc) is 3.30. The number of hydrogen-bond donors (Lipinski definition) is 5. The van der Waals surface area contributed by atoms with Crippen LogP contribution in [0.3, 0.4) is 0 Å². The predicted molar refractivity (Wildman–Crippen MR) is 108 cm³/mol. The number of nitrogen functional groups attached to an aromatic ring is 1. The summed E-state index contributed by atoms with van der Waals surface area (Å²) in [6.45, 7) is 0.397. The van der Waals surface area contributed by atoms with Crippen LogP contribution in [0.2, 0.25) is 0 Å². The fraction of sp³-hybridized carbons (Fsp3) is 0.278. The van der Waals surface area contributed by atoms with E-state index in [0.29, 0.717) is 29.2 Å². The van der Waals surface area contributed by atoms with Gasteiger partial charge in [0.15, 0.2) is 5.82 Å². The van der Waals surface area contributed by atoms with Crippen molar-refractivity contribution >= 4 is 34.9 Å². The lowest BCUT2D eigenvalue weighted by Gasteiger charge is -2.12. The molecule has 1 aromatic rings. The van der Waals surface area contributed by atoms with Crippen LogP contribution in [-0.2, 0) is 22.6 Å². The van der Waals surface area contributed by atoms with Gasteiger partial charge in [0.2, 0.25) is 11.8 Å². The molecule has 0 spiro atoms. The number of nitrogens with one attached hydrogen (secondary N) is 1. The highest BCUT2D eigenvalue weighted by Gasteiger charge is 2.22. The lowest BCUT2D eigenvalue weighted by molar-refractivity contribution is -0.139. The molecule has 2 aliphatic heterocycles. The van der Waals surface area contributed by atoms with Gasteiger partial charge >= 0.3 is 5.97 Å². The van der Waals surface area contributed by atoms with Gasteiger partial charge in [-0.05, 0) is 35.9 Å². The summed E-state index contributed by atoms with van der Waals surface area (Å²) >= 11 is 1.17. The van der Waals surface area contributed by atoms with Crippen molar-refractivity contribution in [3.05, 3.63) is 34.3 Å².